The van der Waals surface area contributed by atoms with Crippen molar-refractivity contribution in [3.63, 3.8) is 0 Å². The summed E-state index contributed by atoms with van der Waals surface area (Å²) < 4.78 is 0. The predicted octanol–water partition coefficient (Wildman–Crippen LogP) is 3.05. The van der Waals surface area contributed by atoms with Gasteiger partial charge in [0.05, 0.1) is 5.71 Å². The Morgan fingerprint density at radius 1 is 1.23 bits per heavy atom. The molecular formula is C10H10ClNO. The maximum absolute atomic E-state index is 8.46. The Hall–Kier alpha value is -1.02. The summed E-state index contributed by atoms with van der Waals surface area (Å²) in [4.78, 5) is 0. The first-order valence-corrected chi connectivity index (χ1v) is 4.62. The lowest BCUT2D eigenvalue weighted by atomic mass is 9.78. The SMILES string of the molecule is ON=C1CC(c2ccc(Cl)cc2)C1. The zero-order chi connectivity index (χ0) is 9.26. The number of oxime groups is 1. The van der Waals surface area contributed by atoms with Gasteiger partial charge in [0.15, 0.2) is 0 Å². The van der Waals surface area contributed by atoms with E-state index in [4.69, 9.17) is 16.8 Å². The van der Waals surface area contributed by atoms with Crippen LogP contribution in [0.5, 0.6) is 0 Å². The number of hydrogen-bond donors (Lipinski definition) is 1. The first-order chi connectivity index (χ1) is 6.29. The number of halogens is 1. The Bertz CT molecular complexity index is 323. The van der Waals surface area contributed by atoms with Crippen LogP contribution in [0.4, 0.5) is 0 Å². The van der Waals surface area contributed by atoms with Crippen LogP contribution in [-0.2, 0) is 0 Å². The molecule has 1 aromatic carbocycles. The highest BCUT2D eigenvalue weighted by Crippen LogP contribution is 2.34. The molecule has 0 heterocycles. The van der Waals surface area contributed by atoms with Crippen molar-refractivity contribution in [1.29, 1.82) is 0 Å². The number of hydrogen-bond acceptors (Lipinski definition) is 2. The largest absolute Gasteiger partial charge is 0.411 e. The molecule has 68 valence electrons. The molecule has 1 fully saturated rings. The number of benzene rings is 1. The Morgan fingerprint density at radius 3 is 2.38 bits per heavy atom. The van der Waals surface area contributed by atoms with Gasteiger partial charge in [-0.3, -0.25) is 0 Å². The molecule has 2 rings (SSSR count). The van der Waals surface area contributed by atoms with Crippen molar-refractivity contribution in [2.75, 3.05) is 0 Å². The van der Waals surface area contributed by atoms with E-state index >= 15 is 0 Å². The summed E-state index contributed by atoms with van der Waals surface area (Å²) in [7, 11) is 0. The summed E-state index contributed by atoms with van der Waals surface area (Å²) in [6.45, 7) is 0. The minimum Gasteiger partial charge on any atom is -0.411 e. The second-order valence-corrected chi connectivity index (χ2v) is 3.76. The van der Waals surface area contributed by atoms with Gasteiger partial charge in [0, 0.05) is 5.02 Å². The van der Waals surface area contributed by atoms with Crippen molar-refractivity contribution >= 4 is 17.3 Å². The third kappa shape index (κ3) is 1.68. The first kappa shape index (κ1) is 8.57. The lowest BCUT2D eigenvalue weighted by molar-refractivity contribution is 0.311. The van der Waals surface area contributed by atoms with E-state index in [9.17, 15) is 0 Å². The fraction of sp³-hybridized carbons (Fsp3) is 0.300. The lowest BCUT2D eigenvalue weighted by Crippen LogP contribution is -2.21. The second kappa shape index (κ2) is 3.38. The van der Waals surface area contributed by atoms with Gasteiger partial charge in [0.25, 0.3) is 0 Å². The van der Waals surface area contributed by atoms with Gasteiger partial charge < -0.3 is 5.21 Å². The van der Waals surface area contributed by atoms with Crippen LogP contribution in [0.3, 0.4) is 0 Å². The summed E-state index contributed by atoms with van der Waals surface area (Å²) in [6.07, 6.45) is 1.75. The summed E-state index contributed by atoms with van der Waals surface area (Å²) in [5.41, 5.74) is 2.16. The summed E-state index contributed by atoms with van der Waals surface area (Å²) in [5, 5.41) is 12.4. The Balaban J connectivity index is 2.07. The van der Waals surface area contributed by atoms with Gasteiger partial charge in [0.2, 0.25) is 0 Å². The molecule has 1 aliphatic rings. The molecule has 0 amide bonds. The van der Waals surface area contributed by atoms with Crippen molar-refractivity contribution < 1.29 is 5.21 Å². The average molecular weight is 196 g/mol. The second-order valence-electron chi connectivity index (χ2n) is 3.32. The van der Waals surface area contributed by atoms with E-state index < -0.39 is 0 Å². The van der Waals surface area contributed by atoms with E-state index in [2.05, 4.69) is 5.16 Å². The molecule has 0 bridgehead atoms. The van der Waals surface area contributed by atoms with Crippen LogP contribution in [-0.4, -0.2) is 10.9 Å². The monoisotopic (exact) mass is 195 g/mol. The fourth-order valence-electron chi connectivity index (χ4n) is 1.56. The molecule has 3 heteroatoms. The van der Waals surface area contributed by atoms with E-state index in [0.29, 0.717) is 5.92 Å². The molecule has 1 N–H and O–H groups in total. The molecule has 2 nitrogen and oxygen atoms in total. The molecule has 0 saturated heterocycles. The molecular weight excluding hydrogens is 186 g/mol. The van der Waals surface area contributed by atoms with Gasteiger partial charge in [-0.05, 0) is 36.5 Å². The Labute approximate surface area is 81.8 Å². The molecule has 0 unspecified atom stereocenters. The maximum atomic E-state index is 8.46. The standard InChI is InChI=1S/C10H10ClNO/c11-9-3-1-7(2-4-9)8-5-10(6-8)12-13/h1-4,8,13H,5-6H2. The van der Waals surface area contributed by atoms with Gasteiger partial charge in [-0.1, -0.05) is 28.9 Å². The van der Waals surface area contributed by atoms with Gasteiger partial charge in [-0.25, -0.2) is 0 Å². The highest BCUT2D eigenvalue weighted by molar-refractivity contribution is 6.30. The zero-order valence-corrected chi connectivity index (χ0v) is 7.83. The van der Waals surface area contributed by atoms with Gasteiger partial charge in [0.1, 0.15) is 0 Å². The van der Waals surface area contributed by atoms with Crippen LogP contribution in [0.15, 0.2) is 29.4 Å². The maximum Gasteiger partial charge on any atom is 0.0583 e. The van der Waals surface area contributed by atoms with Gasteiger partial charge >= 0.3 is 0 Å². The lowest BCUT2D eigenvalue weighted by Gasteiger charge is -2.26. The Kier molecular flexibility index (Phi) is 2.23. The molecule has 13 heavy (non-hydrogen) atoms. The van der Waals surface area contributed by atoms with Crippen molar-refractivity contribution in [2.45, 2.75) is 18.8 Å². The minimum absolute atomic E-state index is 0.517. The molecule has 0 atom stereocenters. The van der Waals surface area contributed by atoms with Gasteiger partial charge in [-0.2, -0.15) is 0 Å². The number of rotatable bonds is 1. The van der Waals surface area contributed by atoms with E-state index in [-0.39, 0.29) is 0 Å². The normalized spacial score (nSPS) is 21.0. The zero-order valence-electron chi connectivity index (χ0n) is 7.07. The van der Waals surface area contributed by atoms with Crippen LogP contribution in [0.2, 0.25) is 5.02 Å². The summed E-state index contributed by atoms with van der Waals surface area (Å²) in [5.74, 6) is 0.517. The quantitative estimate of drug-likeness (QED) is 0.542. The molecule has 0 spiro atoms. The third-order valence-corrected chi connectivity index (χ3v) is 2.70. The summed E-state index contributed by atoms with van der Waals surface area (Å²) >= 11 is 5.77. The van der Waals surface area contributed by atoms with Crippen LogP contribution >= 0.6 is 11.6 Å². The highest BCUT2D eigenvalue weighted by Gasteiger charge is 2.26. The molecule has 0 radical (unpaired) electrons. The molecule has 1 aromatic rings. The van der Waals surface area contributed by atoms with E-state index in [1.807, 2.05) is 24.3 Å². The topological polar surface area (TPSA) is 32.6 Å². The fourth-order valence-corrected chi connectivity index (χ4v) is 1.69. The predicted molar refractivity (Wildman–Crippen MR) is 52.6 cm³/mol. The van der Waals surface area contributed by atoms with Crippen LogP contribution < -0.4 is 0 Å². The van der Waals surface area contributed by atoms with Gasteiger partial charge in [-0.15, -0.1) is 0 Å². The molecule has 0 aromatic heterocycles. The smallest absolute Gasteiger partial charge is 0.0583 e. The average Bonchev–Trinajstić information content (AvgIpc) is 2.06. The number of nitrogens with zero attached hydrogens (tertiary/aromatic N) is 1. The third-order valence-electron chi connectivity index (χ3n) is 2.45. The van der Waals surface area contributed by atoms with Crippen molar-refractivity contribution in [2.24, 2.45) is 5.16 Å². The van der Waals surface area contributed by atoms with E-state index in [1.165, 1.54) is 5.56 Å². The van der Waals surface area contributed by atoms with Crippen molar-refractivity contribution in [3.05, 3.63) is 34.9 Å². The van der Waals surface area contributed by atoms with Crippen LogP contribution in [0, 0.1) is 0 Å². The van der Waals surface area contributed by atoms with Crippen LogP contribution in [0.25, 0.3) is 0 Å². The molecule has 1 saturated carbocycles. The highest BCUT2D eigenvalue weighted by atomic mass is 35.5. The van der Waals surface area contributed by atoms with E-state index in [1.54, 1.807) is 0 Å². The summed E-state index contributed by atoms with van der Waals surface area (Å²) in [6, 6.07) is 7.85. The first-order valence-electron chi connectivity index (χ1n) is 4.25. The molecule has 0 aliphatic heterocycles. The minimum atomic E-state index is 0.517. The van der Waals surface area contributed by atoms with E-state index in [0.717, 1.165) is 23.6 Å². The van der Waals surface area contributed by atoms with Crippen molar-refractivity contribution in [1.82, 2.24) is 0 Å². The Morgan fingerprint density at radius 2 is 1.85 bits per heavy atom. The molecule has 1 aliphatic carbocycles. The van der Waals surface area contributed by atoms with Crippen LogP contribution in [0.1, 0.15) is 24.3 Å². The van der Waals surface area contributed by atoms with Crippen molar-refractivity contribution in [3.8, 4) is 0 Å².